The third kappa shape index (κ3) is 4.56. The molecular formula is C18H20BF3N2O4. The Hall–Kier alpha value is -2.33. The van der Waals surface area contributed by atoms with Gasteiger partial charge in [-0.25, -0.2) is 9.97 Å². The highest BCUT2D eigenvalue weighted by molar-refractivity contribution is 6.43. The molecule has 1 aromatic carbocycles. The maximum atomic E-state index is 13.4. The van der Waals surface area contributed by atoms with Crippen LogP contribution in [0.25, 0.3) is 11.4 Å². The van der Waals surface area contributed by atoms with Crippen LogP contribution in [0.1, 0.15) is 30.7 Å². The average molecular weight is 396 g/mol. The molecular weight excluding hydrogens is 376 g/mol. The van der Waals surface area contributed by atoms with Gasteiger partial charge in [0.25, 0.3) is 0 Å². The van der Waals surface area contributed by atoms with Gasteiger partial charge < -0.3 is 19.2 Å². The van der Waals surface area contributed by atoms with E-state index >= 15 is 0 Å². The molecule has 0 amide bonds. The summed E-state index contributed by atoms with van der Waals surface area (Å²) in [5, 5.41) is 9.53. The van der Waals surface area contributed by atoms with Gasteiger partial charge in [0.1, 0.15) is 5.69 Å². The Morgan fingerprint density at radius 1 is 1.25 bits per heavy atom. The van der Waals surface area contributed by atoms with E-state index in [1.165, 1.54) is 7.11 Å². The van der Waals surface area contributed by atoms with Crippen LogP contribution in [0.2, 0.25) is 6.32 Å². The molecule has 6 nitrogen and oxygen atoms in total. The lowest BCUT2D eigenvalue weighted by atomic mass is 9.81. The first-order valence-electron chi connectivity index (χ1n) is 8.89. The van der Waals surface area contributed by atoms with Crippen molar-refractivity contribution in [3.05, 3.63) is 35.7 Å². The molecule has 0 radical (unpaired) electrons. The van der Waals surface area contributed by atoms with E-state index in [4.69, 9.17) is 14.1 Å². The molecule has 3 rings (SSSR count). The number of hydrogen-bond donors (Lipinski definition) is 1. The smallest absolute Gasteiger partial charge is 0.454 e. The molecule has 28 heavy (non-hydrogen) atoms. The van der Waals surface area contributed by atoms with E-state index < -0.39 is 24.9 Å². The van der Waals surface area contributed by atoms with Gasteiger partial charge in [-0.15, -0.1) is 0 Å². The van der Waals surface area contributed by atoms with Crippen LogP contribution < -0.4 is 9.47 Å². The van der Waals surface area contributed by atoms with Crippen LogP contribution in [0.5, 0.6) is 11.5 Å². The third-order valence-corrected chi connectivity index (χ3v) is 4.31. The SMILES string of the molecule is CCCOc1cc(-c2nc([C@@H]3COB(O)C3)cc(C(F)(F)F)n2)ccc1OC. The van der Waals surface area contributed by atoms with Crippen LogP contribution in [0.3, 0.4) is 0 Å². The standard InChI is InChI=1S/C18H20BF3N2O4/c1-3-6-27-15-7-11(4-5-14(15)26-2)17-23-13(12-9-19(25)28-10-12)8-16(24-17)18(20,21)22/h4-5,7-8,12,25H,3,6,9-10H2,1-2H3/t12-/m0/s1. The zero-order valence-electron chi connectivity index (χ0n) is 15.5. The second-order valence-corrected chi connectivity index (χ2v) is 6.43. The van der Waals surface area contributed by atoms with Gasteiger partial charge in [-0.2, -0.15) is 13.2 Å². The van der Waals surface area contributed by atoms with Gasteiger partial charge in [-0.05, 0) is 37.0 Å². The molecule has 10 heteroatoms. The minimum absolute atomic E-state index is 0.0739. The van der Waals surface area contributed by atoms with E-state index in [-0.39, 0.29) is 24.4 Å². The molecule has 1 fully saturated rings. The van der Waals surface area contributed by atoms with Crippen LogP contribution in [-0.4, -0.2) is 42.4 Å². The Labute approximate surface area is 160 Å². The number of nitrogens with zero attached hydrogens (tertiary/aromatic N) is 2. The van der Waals surface area contributed by atoms with Crippen molar-refractivity contribution >= 4 is 7.12 Å². The monoisotopic (exact) mass is 396 g/mol. The normalized spacial score (nSPS) is 17.1. The lowest BCUT2D eigenvalue weighted by Crippen LogP contribution is -2.13. The number of halogens is 3. The molecule has 2 aromatic rings. The predicted molar refractivity (Wildman–Crippen MR) is 96.3 cm³/mol. The Morgan fingerprint density at radius 2 is 2.04 bits per heavy atom. The van der Waals surface area contributed by atoms with Gasteiger partial charge in [0.15, 0.2) is 17.3 Å². The lowest BCUT2D eigenvalue weighted by Gasteiger charge is -2.15. The van der Waals surface area contributed by atoms with E-state index in [1.54, 1.807) is 18.2 Å². The first-order valence-corrected chi connectivity index (χ1v) is 8.89. The highest BCUT2D eigenvalue weighted by atomic mass is 19.4. The van der Waals surface area contributed by atoms with Crippen LogP contribution in [0.15, 0.2) is 24.3 Å². The molecule has 1 aromatic heterocycles. The van der Waals surface area contributed by atoms with Crippen LogP contribution in [-0.2, 0) is 10.8 Å². The van der Waals surface area contributed by atoms with Gasteiger partial charge in [0.2, 0.25) is 0 Å². The van der Waals surface area contributed by atoms with E-state index in [0.717, 1.165) is 12.5 Å². The Morgan fingerprint density at radius 3 is 2.64 bits per heavy atom. The molecule has 1 N–H and O–H groups in total. The van der Waals surface area contributed by atoms with Crippen molar-refractivity contribution in [2.45, 2.75) is 31.8 Å². The van der Waals surface area contributed by atoms with Crippen LogP contribution >= 0.6 is 0 Å². The molecule has 2 heterocycles. The van der Waals surface area contributed by atoms with E-state index in [9.17, 15) is 18.2 Å². The number of methoxy groups -OCH3 is 1. The summed E-state index contributed by atoms with van der Waals surface area (Å²) in [5.74, 6) is 0.364. The van der Waals surface area contributed by atoms with Crippen molar-refractivity contribution in [2.24, 2.45) is 0 Å². The summed E-state index contributed by atoms with van der Waals surface area (Å²) in [6.07, 6.45) is -3.68. The topological polar surface area (TPSA) is 73.7 Å². The maximum absolute atomic E-state index is 13.4. The summed E-state index contributed by atoms with van der Waals surface area (Å²) in [6, 6.07) is 5.66. The van der Waals surface area contributed by atoms with E-state index in [1.807, 2.05) is 6.92 Å². The number of ether oxygens (including phenoxy) is 2. The number of aromatic nitrogens is 2. The Balaban J connectivity index is 2.05. The number of alkyl halides is 3. The van der Waals surface area contributed by atoms with Gasteiger partial charge in [-0.1, -0.05) is 6.92 Å². The number of rotatable bonds is 6. The zero-order valence-corrected chi connectivity index (χ0v) is 15.5. The second kappa shape index (κ2) is 8.36. The number of hydrogen-bond acceptors (Lipinski definition) is 6. The molecule has 1 aliphatic rings. The summed E-state index contributed by atoms with van der Waals surface area (Å²) in [6.45, 7) is 2.48. The fraction of sp³-hybridized carbons (Fsp3) is 0.444. The minimum Gasteiger partial charge on any atom is -0.493 e. The number of benzene rings is 1. The summed E-state index contributed by atoms with van der Waals surface area (Å²) in [7, 11) is 0.478. The van der Waals surface area contributed by atoms with Crippen molar-refractivity contribution in [3.63, 3.8) is 0 Å². The van der Waals surface area contributed by atoms with Crippen LogP contribution in [0, 0.1) is 0 Å². The molecule has 150 valence electrons. The van der Waals surface area contributed by atoms with Crippen molar-refractivity contribution in [3.8, 4) is 22.9 Å². The van der Waals surface area contributed by atoms with Crippen LogP contribution in [0.4, 0.5) is 13.2 Å². The Kier molecular flexibility index (Phi) is 6.09. The minimum atomic E-state index is -4.63. The first kappa shape index (κ1) is 20.4. The highest BCUT2D eigenvalue weighted by Crippen LogP contribution is 2.36. The Bertz CT molecular complexity index is 835. The molecule has 0 bridgehead atoms. The summed E-state index contributed by atoms with van der Waals surface area (Å²) in [5.41, 5.74) is -0.486. The van der Waals surface area contributed by atoms with Gasteiger partial charge in [-0.3, -0.25) is 0 Å². The second-order valence-electron chi connectivity index (χ2n) is 6.43. The molecule has 0 saturated carbocycles. The molecule has 1 saturated heterocycles. The molecule has 1 aliphatic heterocycles. The van der Waals surface area contributed by atoms with Crippen molar-refractivity contribution < 1.29 is 32.3 Å². The maximum Gasteiger partial charge on any atom is 0.454 e. The van der Waals surface area contributed by atoms with Crippen molar-refractivity contribution in [1.29, 1.82) is 0 Å². The summed E-state index contributed by atoms with van der Waals surface area (Å²) in [4.78, 5) is 8.02. The molecule has 0 aliphatic carbocycles. The molecule has 1 atom stereocenters. The fourth-order valence-corrected chi connectivity index (χ4v) is 2.90. The van der Waals surface area contributed by atoms with Crippen molar-refractivity contribution in [1.82, 2.24) is 9.97 Å². The third-order valence-electron chi connectivity index (χ3n) is 4.31. The van der Waals surface area contributed by atoms with Crippen molar-refractivity contribution in [2.75, 3.05) is 20.3 Å². The quantitative estimate of drug-likeness (QED) is 0.753. The summed E-state index contributed by atoms with van der Waals surface area (Å²) >= 11 is 0. The predicted octanol–water partition coefficient (Wildman–Crippen LogP) is 3.55. The van der Waals surface area contributed by atoms with E-state index in [2.05, 4.69) is 9.97 Å². The largest absolute Gasteiger partial charge is 0.493 e. The first-order chi connectivity index (χ1) is 13.3. The molecule has 0 unspecified atom stereocenters. The van der Waals surface area contributed by atoms with Gasteiger partial charge in [0, 0.05) is 23.8 Å². The zero-order chi connectivity index (χ0) is 20.3. The summed E-state index contributed by atoms with van der Waals surface area (Å²) < 4.78 is 56.1. The van der Waals surface area contributed by atoms with E-state index in [0.29, 0.717) is 23.7 Å². The van der Waals surface area contributed by atoms with Gasteiger partial charge >= 0.3 is 13.3 Å². The molecule has 0 spiro atoms. The van der Waals surface area contributed by atoms with Gasteiger partial charge in [0.05, 0.1) is 13.7 Å². The fourth-order valence-electron chi connectivity index (χ4n) is 2.90. The lowest BCUT2D eigenvalue weighted by molar-refractivity contribution is -0.141. The average Bonchev–Trinajstić information content (AvgIpc) is 3.11. The highest BCUT2D eigenvalue weighted by Gasteiger charge is 2.37.